The van der Waals surface area contributed by atoms with Crippen LogP contribution in [-0.4, -0.2) is 33.7 Å². The van der Waals surface area contributed by atoms with Crippen LogP contribution < -0.4 is 14.5 Å². The van der Waals surface area contributed by atoms with Gasteiger partial charge in [-0.25, -0.2) is 18.2 Å². The quantitative estimate of drug-likeness (QED) is 0.416. The molecule has 0 unspecified atom stereocenters. The highest BCUT2D eigenvalue weighted by Gasteiger charge is 2.29. The number of carbonyl (C=O) groups is 1. The second-order valence-electron chi connectivity index (χ2n) is 6.74. The number of hydrogen-bond acceptors (Lipinski definition) is 5. The van der Waals surface area contributed by atoms with Crippen LogP contribution >= 0.6 is 0 Å². The molecule has 32 heavy (non-hydrogen) atoms. The Hall–Kier alpha value is -3.72. The van der Waals surface area contributed by atoms with Gasteiger partial charge in [0.05, 0.1) is 23.4 Å². The summed E-state index contributed by atoms with van der Waals surface area (Å²) in [4.78, 5) is 12.5. The van der Waals surface area contributed by atoms with Crippen LogP contribution in [0.25, 0.3) is 0 Å². The molecule has 0 fully saturated rings. The lowest BCUT2D eigenvalue weighted by Crippen LogP contribution is -2.40. The van der Waals surface area contributed by atoms with Gasteiger partial charge in [-0.15, -0.1) is 0 Å². The van der Waals surface area contributed by atoms with E-state index in [1.807, 2.05) is 0 Å². The number of sulfonamides is 1. The first kappa shape index (κ1) is 23.0. The minimum atomic E-state index is -4.20. The van der Waals surface area contributed by atoms with Gasteiger partial charge in [-0.2, -0.15) is 5.10 Å². The third-order valence-electron chi connectivity index (χ3n) is 4.60. The van der Waals surface area contributed by atoms with Crippen molar-refractivity contribution >= 4 is 27.3 Å². The molecule has 0 radical (unpaired) electrons. The highest BCUT2D eigenvalue weighted by Crippen LogP contribution is 2.26. The van der Waals surface area contributed by atoms with Gasteiger partial charge >= 0.3 is 0 Å². The van der Waals surface area contributed by atoms with Crippen molar-refractivity contribution < 1.29 is 22.3 Å². The molecule has 3 rings (SSSR count). The Labute approximate surface area is 186 Å². The van der Waals surface area contributed by atoms with Gasteiger partial charge in [0.25, 0.3) is 15.9 Å². The Morgan fingerprint density at radius 2 is 1.62 bits per heavy atom. The van der Waals surface area contributed by atoms with Gasteiger partial charge in [0, 0.05) is 0 Å². The number of hydrogen-bond donors (Lipinski definition) is 1. The fraction of sp³-hybridized carbons (Fsp3) is 0.130. The molecule has 9 heteroatoms. The molecule has 1 amide bonds. The molecule has 0 aliphatic rings. The van der Waals surface area contributed by atoms with E-state index < -0.39 is 28.3 Å². The average Bonchev–Trinajstić information content (AvgIpc) is 2.82. The summed E-state index contributed by atoms with van der Waals surface area (Å²) < 4.78 is 46.6. The molecule has 1 N–H and O–H groups in total. The highest BCUT2D eigenvalue weighted by atomic mass is 32.2. The number of halogens is 1. The van der Waals surface area contributed by atoms with Crippen molar-refractivity contribution in [2.75, 3.05) is 18.0 Å². The van der Waals surface area contributed by atoms with Gasteiger partial charge in [0.1, 0.15) is 18.1 Å². The summed E-state index contributed by atoms with van der Waals surface area (Å²) in [5.74, 6) is -0.810. The third kappa shape index (κ3) is 5.30. The summed E-state index contributed by atoms with van der Waals surface area (Å²) >= 11 is 0. The molecule has 0 aliphatic carbocycles. The minimum absolute atomic E-state index is 0.0611. The maximum absolute atomic E-state index is 14.5. The second kappa shape index (κ2) is 10.1. The number of methoxy groups -OCH3 is 1. The normalized spacial score (nSPS) is 11.7. The first-order valence-electron chi connectivity index (χ1n) is 9.63. The number of para-hydroxylation sites is 1. The zero-order chi connectivity index (χ0) is 23.1. The molecule has 0 heterocycles. The summed E-state index contributed by atoms with van der Waals surface area (Å²) in [6, 6.07) is 19.9. The van der Waals surface area contributed by atoms with E-state index in [1.54, 1.807) is 56.5 Å². The van der Waals surface area contributed by atoms with Crippen molar-refractivity contribution in [1.29, 1.82) is 0 Å². The number of benzene rings is 3. The predicted octanol–water partition coefficient (Wildman–Crippen LogP) is 3.57. The number of nitrogens with zero attached hydrogens (tertiary/aromatic N) is 2. The summed E-state index contributed by atoms with van der Waals surface area (Å²) in [5, 5.41) is 4.03. The van der Waals surface area contributed by atoms with E-state index in [0.717, 1.165) is 15.9 Å². The molecule has 7 nitrogen and oxygen atoms in total. The number of nitrogens with one attached hydrogen (secondary N) is 1. The third-order valence-corrected chi connectivity index (χ3v) is 6.37. The van der Waals surface area contributed by atoms with Crippen LogP contribution in [0, 0.1) is 5.82 Å². The molecule has 3 aromatic carbocycles. The van der Waals surface area contributed by atoms with Gasteiger partial charge in [-0.1, -0.05) is 30.3 Å². The van der Waals surface area contributed by atoms with Gasteiger partial charge in [0.15, 0.2) is 0 Å². The van der Waals surface area contributed by atoms with Crippen molar-refractivity contribution in [2.45, 2.75) is 11.8 Å². The summed E-state index contributed by atoms with van der Waals surface area (Å²) in [6.07, 6.45) is 0. The smallest absolute Gasteiger partial charge is 0.264 e. The van der Waals surface area contributed by atoms with E-state index in [9.17, 15) is 17.6 Å². The van der Waals surface area contributed by atoms with Crippen LogP contribution in [0.4, 0.5) is 10.1 Å². The molecule has 0 spiro atoms. The Kier molecular flexibility index (Phi) is 7.21. The molecule has 166 valence electrons. The lowest BCUT2D eigenvalue weighted by atomic mass is 10.1. The van der Waals surface area contributed by atoms with Crippen LogP contribution in [0.1, 0.15) is 12.5 Å². The van der Waals surface area contributed by atoms with E-state index in [-0.39, 0.29) is 10.6 Å². The number of anilines is 1. The van der Waals surface area contributed by atoms with Gasteiger partial charge in [0.2, 0.25) is 0 Å². The van der Waals surface area contributed by atoms with E-state index in [0.29, 0.717) is 11.5 Å². The standard InChI is InChI=1S/C23H22FN3O4S/c1-17(18-12-14-19(31-2)15-13-18)25-26-23(28)16-27(22-11-7-6-10-21(22)24)32(29,30)20-8-4-3-5-9-20/h3-15H,16H2,1-2H3,(H,26,28)/b25-17-. The molecule has 0 saturated carbocycles. The molecule has 0 aromatic heterocycles. The van der Waals surface area contributed by atoms with E-state index in [2.05, 4.69) is 10.5 Å². The SMILES string of the molecule is COc1ccc(/C(C)=N\NC(=O)CN(c2ccccc2F)S(=O)(=O)c2ccccc2)cc1. The lowest BCUT2D eigenvalue weighted by Gasteiger charge is -2.24. The number of hydrazone groups is 1. The van der Waals surface area contributed by atoms with Crippen molar-refractivity contribution in [2.24, 2.45) is 5.10 Å². The summed E-state index contributed by atoms with van der Waals surface area (Å²) in [6.45, 7) is 1.04. The molecular weight excluding hydrogens is 433 g/mol. The highest BCUT2D eigenvalue weighted by molar-refractivity contribution is 7.92. The van der Waals surface area contributed by atoms with E-state index >= 15 is 0 Å². The van der Waals surface area contributed by atoms with Crippen molar-refractivity contribution in [1.82, 2.24) is 5.43 Å². The molecule has 3 aromatic rings. The Balaban J connectivity index is 1.85. The van der Waals surface area contributed by atoms with Crippen LogP contribution in [-0.2, 0) is 14.8 Å². The van der Waals surface area contributed by atoms with Crippen molar-refractivity contribution in [3.63, 3.8) is 0 Å². The fourth-order valence-corrected chi connectivity index (χ4v) is 4.33. The fourth-order valence-electron chi connectivity index (χ4n) is 2.88. The Morgan fingerprint density at radius 3 is 2.25 bits per heavy atom. The van der Waals surface area contributed by atoms with Gasteiger partial charge < -0.3 is 4.74 Å². The molecular formula is C23H22FN3O4S. The minimum Gasteiger partial charge on any atom is -0.497 e. The van der Waals surface area contributed by atoms with Gasteiger partial charge in [-0.3, -0.25) is 9.10 Å². The molecule has 0 aliphatic heterocycles. The van der Waals surface area contributed by atoms with Crippen molar-refractivity contribution in [3.05, 3.63) is 90.2 Å². The summed E-state index contributed by atoms with van der Waals surface area (Å²) in [7, 11) is -2.64. The largest absolute Gasteiger partial charge is 0.497 e. The van der Waals surface area contributed by atoms with E-state index in [4.69, 9.17) is 4.74 Å². The number of rotatable bonds is 8. The van der Waals surface area contributed by atoms with Crippen LogP contribution in [0.2, 0.25) is 0 Å². The van der Waals surface area contributed by atoms with E-state index in [1.165, 1.54) is 30.3 Å². The monoisotopic (exact) mass is 455 g/mol. The lowest BCUT2D eigenvalue weighted by molar-refractivity contribution is -0.119. The first-order chi connectivity index (χ1) is 15.3. The molecule has 0 bridgehead atoms. The zero-order valence-electron chi connectivity index (χ0n) is 17.5. The van der Waals surface area contributed by atoms with Crippen LogP contribution in [0.5, 0.6) is 5.75 Å². The average molecular weight is 456 g/mol. The second-order valence-corrected chi connectivity index (χ2v) is 8.60. The topological polar surface area (TPSA) is 88.1 Å². The molecule has 0 atom stereocenters. The predicted molar refractivity (Wildman–Crippen MR) is 121 cm³/mol. The maximum Gasteiger partial charge on any atom is 0.264 e. The summed E-state index contributed by atoms with van der Waals surface area (Å²) in [5.41, 5.74) is 3.36. The number of amides is 1. The number of ether oxygens (including phenoxy) is 1. The first-order valence-corrected chi connectivity index (χ1v) is 11.1. The van der Waals surface area contributed by atoms with Crippen LogP contribution in [0.15, 0.2) is 88.9 Å². The Morgan fingerprint density at radius 1 is 1.00 bits per heavy atom. The maximum atomic E-state index is 14.5. The zero-order valence-corrected chi connectivity index (χ0v) is 18.3. The van der Waals surface area contributed by atoms with Gasteiger partial charge in [-0.05, 0) is 61.0 Å². The molecule has 0 saturated heterocycles. The van der Waals surface area contributed by atoms with Crippen molar-refractivity contribution in [3.8, 4) is 5.75 Å². The van der Waals surface area contributed by atoms with Crippen LogP contribution in [0.3, 0.4) is 0 Å². The Bertz CT molecular complexity index is 1210. The number of carbonyl (C=O) groups excluding carboxylic acids is 1.